The molecule has 0 fully saturated rings. The fourth-order valence-corrected chi connectivity index (χ4v) is 1.71. The molecule has 0 aliphatic heterocycles. The van der Waals surface area contributed by atoms with Crippen LogP contribution in [0, 0.1) is 0 Å². The summed E-state index contributed by atoms with van der Waals surface area (Å²) in [5.41, 5.74) is 1.13. The summed E-state index contributed by atoms with van der Waals surface area (Å²) in [7, 11) is 1.71. The van der Waals surface area contributed by atoms with Crippen molar-refractivity contribution < 1.29 is 9.84 Å². The topological polar surface area (TPSA) is 41.5 Å². The SMILES string of the molecule is CCCNC(COC)Cc1cccc(O)c1. The summed E-state index contributed by atoms with van der Waals surface area (Å²) in [6.07, 6.45) is 1.99. The number of phenols is 1. The van der Waals surface area contributed by atoms with Crippen LogP contribution in [0.25, 0.3) is 0 Å². The van der Waals surface area contributed by atoms with Gasteiger partial charge in [-0.05, 0) is 37.1 Å². The molecule has 0 aromatic heterocycles. The molecule has 2 N–H and O–H groups in total. The maximum absolute atomic E-state index is 9.38. The van der Waals surface area contributed by atoms with Gasteiger partial charge in [0.1, 0.15) is 5.75 Å². The number of methoxy groups -OCH3 is 1. The highest BCUT2D eigenvalue weighted by molar-refractivity contribution is 5.27. The minimum Gasteiger partial charge on any atom is -0.508 e. The van der Waals surface area contributed by atoms with Crippen molar-refractivity contribution in [2.24, 2.45) is 0 Å². The summed E-state index contributed by atoms with van der Waals surface area (Å²) in [5.74, 6) is 0.323. The van der Waals surface area contributed by atoms with Crippen LogP contribution in [0.4, 0.5) is 0 Å². The molecule has 1 rings (SSSR count). The maximum atomic E-state index is 9.38. The summed E-state index contributed by atoms with van der Waals surface area (Å²) in [4.78, 5) is 0. The first kappa shape index (κ1) is 13.0. The second-order valence-corrected chi connectivity index (χ2v) is 3.98. The van der Waals surface area contributed by atoms with E-state index in [1.165, 1.54) is 0 Å². The average Bonchev–Trinajstić information content (AvgIpc) is 2.26. The molecule has 0 heterocycles. The van der Waals surface area contributed by atoms with Gasteiger partial charge in [-0.15, -0.1) is 0 Å². The number of benzene rings is 1. The van der Waals surface area contributed by atoms with E-state index >= 15 is 0 Å². The molecular formula is C13H21NO2. The van der Waals surface area contributed by atoms with E-state index in [9.17, 15) is 5.11 Å². The van der Waals surface area contributed by atoms with Crippen LogP contribution in [0.5, 0.6) is 5.75 Å². The molecule has 1 aromatic carbocycles. The molecule has 0 saturated carbocycles. The Labute approximate surface area is 97.4 Å². The van der Waals surface area contributed by atoms with Crippen molar-refractivity contribution in [3.63, 3.8) is 0 Å². The zero-order chi connectivity index (χ0) is 11.8. The standard InChI is InChI=1S/C13H21NO2/c1-3-7-14-12(10-16-2)8-11-5-4-6-13(15)9-11/h4-6,9,12,14-15H,3,7-8,10H2,1-2H3. The first-order valence-corrected chi connectivity index (χ1v) is 5.76. The third kappa shape index (κ3) is 4.64. The average molecular weight is 223 g/mol. The van der Waals surface area contributed by atoms with Crippen LogP contribution in [0.3, 0.4) is 0 Å². The highest BCUT2D eigenvalue weighted by Gasteiger charge is 2.08. The Hall–Kier alpha value is -1.06. The third-order valence-corrected chi connectivity index (χ3v) is 2.44. The molecular weight excluding hydrogens is 202 g/mol. The molecule has 0 aliphatic rings. The zero-order valence-corrected chi connectivity index (χ0v) is 10.1. The lowest BCUT2D eigenvalue weighted by Gasteiger charge is -2.17. The predicted molar refractivity (Wildman–Crippen MR) is 65.8 cm³/mol. The Morgan fingerprint density at radius 1 is 1.44 bits per heavy atom. The highest BCUT2D eigenvalue weighted by atomic mass is 16.5. The molecule has 90 valence electrons. The van der Waals surface area contributed by atoms with Crippen LogP contribution < -0.4 is 5.32 Å². The van der Waals surface area contributed by atoms with E-state index in [4.69, 9.17) is 4.74 Å². The number of phenolic OH excluding ortho intramolecular Hbond substituents is 1. The van der Waals surface area contributed by atoms with Crippen LogP contribution in [-0.4, -0.2) is 31.4 Å². The van der Waals surface area contributed by atoms with Crippen molar-refractivity contribution in [2.45, 2.75) is 25.8 Å². The van der Waals surface area contributed by atoms with Gasteiger partial charge in [0.25, 0.3) is 0 Å². The first-order chi connectivity index (χ1) is 7.76. The van der Waals surface area contributed by atoms with E-state index in [1.807, 2.05) is 12.1 Å². The molecule has 0 spiro atoms. The minimum absolute atomic E-state index is 0.312. The van der Waals surface area contributed by atoms with Crippen molar-refractivity contribution in [1.82, 2.24) is 5.32 Å². The Balaban J connectivity index is 2.52. The van der Waals surface area contributed by atoms with Crippen LogP contribution >= 0.6 is 0 Å². The second-order valence-electron chi connectivity index (χ2n) is 3.98. The fraction of sp³-hybridized carbons (Fsp3) is 0.538. The van der Waals surface area contributed by atoms with Crippen molar-refractivity contribution in [3.05, 3.63) is 29.8 Å². The summed E-state index contributed by atoms with van der Waals surface area (Å²) < 4.78 is 5.18. The first-order valence-electron chi connectivity index (χ1n) is 5.76. The largest absolute Gasteiger partial charge is 0.508 e. The molecule has 0 bridgehead atoms. The molecule has 1 atom stereocenters. The number of nitrogens with one attached hydrogen (secondary N) is 1. The molecule has 3 heteroatoms. The zero-order valence-electron chi connectivity index (χ0n) is 10.1. The van der Waals surface area contributed by atoms with Crippen molar-refractivity contribution in [2.75, 3.05) is 20.3 Å². The van der Waals surface area contributed by atoms with Crippen LogP contribution in [0.1, 0.15) is 18.9 Å². The smallest absolute Gasteiger partial charge is 0.115 e. The number of rotatable bonds is 7. The number of hydrogen-bond acceptors (Lipinski definition) is 3. The second kappa shape index (κ2) is 7.25. The van der Waals surface area contributed by atoms with Crippen LogP contribution in [0.2, 0.25) is 0 Å². The molecule has 16 heavy (non-hydrogen) atoms. The van der Waals surface area contributed by atoms with E-state index in [0.29, 0.717) is 18.4 Å². The van der Waals surface area contributed by atoms with Gasteiger partial charge in [0.15, 0.2) is 0 Å². The summed E-state index contributed by atoms with van der Waals surface area (Å²) >= 11 is 0. The van der Waals surface area contributed by atoms with E-state index in [0.717, 1.165) is 24.9 Å². The van der Waals surface area contributed by atoms with Crippen molar-refractivity contribution in [1.29, 1.82) is 0 Å². The fourth-order valence-electron chi connectivity index (χ4n) is 1.71. The number of hydrogen-bond donors (Lipinski definition) is 2. The summed E-state index contributed by atoms with van der Waals surface area (Å²) in [5, 5.41) is 12.8. The van der Waals surface area contributed by atoms with E-state index in [1.54, 1.807) is 19.2 Å². The van der Waals surface area contributed by atoms with Crippen molar-refractivity contribution >= 4 is 0 Å². The summed E-state index contributed by atoms with van der Waals surface area (Å²) in [6.45, 7) is 3.83. The predicted octanol–water partition coefficient (Wildman–Crippen LogP) is 1.95. The lowest BCUT2D eigenvalue weighted by Crippen LogP contribution is -2.35. The molecule has 1 unspecified atom stereocenters. The summed E-state index contributed by atoms with van der Waals surface area (Å²) in [6, 6.07) is 7.70. The monoisotopic (exact) mass is 223 g/mol. The molecule has 1 aromatic rings. The Morgan fingerprint density at radius 2 is 2.25 bits per heavy atom. The maximum Gasteiger partial charge on any atom is 0.115 e. The van der Waals surface area contributed by atoms with E-state index < -0.39 is 0 Å². The highest BCUT2D eigenvalue weighted by Crippen LogP contribution is 2.12. The van der Waals surface area contributed by atoms with Gasteiger partial charge in [0.05, 0.1) is 6.61 Å². The van der Waals surface area contributed by atoms with Crippen molar-refractivity contribution in [3.8, 4) is 5.75 Å². The minimum atomic E-state index is 0.312. The molecule has 3 nitrogen and oxygen atoms in total. The van der Waals surface area contributed by atoms with Gasteiger partial charge >= 0.3 is 0 Å². The van der Waals surface area contributed by atoms with Crippen LogP contribution in [-0.2, 0) is 11.2 Å². The van der Waals surface area contributed by atoms with Gasteiger partial charge in [-0.1, -0.05) is 19.1 Å². The lowest BCUT2D eigenvalue weighted by atomic mass is 10.1. The van der Waals surface area contributed by atoms with Gasteiger partial charge < -0.3 is 15.2 Å². The van der Waals surface area contributed by atoms with E-state index in [-0.39, 0.29) is 0 Å². The molecule has 0 radical (unpaired) electrons. The van der Waals surface area contributed by atoms with Crippen LogP contribution in [0.15, 0.2) is 24.3 Å². The van der Waals surface area contributed by atoms with Gasteiger partial charge in [0.2, 0.25) is 0 Å². The Kier molecular flexibility index (Phi) is 5.90. The van der Waals surface area contributed by atoms with Gasteiger partial charge in [-0.25, -0.2) is 0 Å². The molecule has 0 amide bonds. The third-order valence-electron chi connectivity index (χ3n) is 2.44. The van der Waals surface area contributed by atoms with Gasteiger partial charge in [-0.3, -0.25) is 0 Å². The lowest BCUT2D eigenvalue weighted by molar-refractivity contribution is 0.166. The molecule has 0 saturated heterocycles. The molecule has 0 aliphatic carbocycles. The van der Waals surface area contributed by atoms with Gasteiger partial charge in [0, 0.05) is 13.2 Å². The quantitative estimate of drug-likeness (QED) is 0.742. The number of ether oxygens (including phenoxy) is 1. The Morgan fingerprint density at radius 3 is 2.88 bits per heavy atom. The van der Waals surface area contributed by atoms with E-state index in [2.05, 4.69) is 12.2 Å². The van der Waals surface area contributed by atoms with Gasteiger partial charge in [-0.2, -0.15) is 0 Å². The Bertz CT molecular complexity index is 302. The number of aromatic hydroxyl groups is 1. The normalized spacial score (nSPS) is 12.6.